The molecule has 2 fully saturated rings. The average molecular weight is 600 g/mol. The van der Waals surface area contributed by atoms with Crippen LogP contribution in [0, 0.1) is 18.2 Å². The molecule has 1 saturated heterocycles. The van der Waals surface area contributed by atoms with Gasteiger partial charge >= 0.3 is 5.97 Å². The molecular weight excluding hydrogens is 557 g/mol. The Morgan fingerprint density at radius 1 is 1.02 bits per heavy atom. The first kappa shape index (κ1) is 30.4. The van der Waals surface area contributed by atoms with Crippen LogP contribution < -0.4 is 4.74 Å². The van der Waals surface area contributed by atoms with Gasteiger partial charge in [0.2, 0.25) is 0 Å². The van der Waals surface area contributed by atoms with Crippen LogP contribution in [0.25, 0.3) is 16.6 Å². The van der Waals surface area contributed by atoms with Crippen molar-refractivity contribution in [1.82, 2.24) is 4.57 Å². The van der Waals surface area contributed by atoms with Gasteiger partial charge in [-0.2, -0.15) is 0 Å². The number of benzene rings is 3. The number of esters is 1. The molecule has 0 atom stereocenters. The summed E-state index contributed by atoms with van der Waals surface area (Å²) in [6.45, 7) is 7.74. The van der Waals surface area contributed by atoms with Crippen molar-refractivity contribution >= 4 is 16.9 Å². The molecule has 232 valence electrons. The van der Waals surface area contributed by atoms with Gasteiger partial charge in [0.1, 0.15) is 18.2 Å². The molecule has 0 amide bonds. The van der Waals surface area contributed by atoms with Crippen LogP contribution in [0.1, 0.15) is 73.8 Å². The highest BCUT2D eigenvalue weighted by molar-refractivity contribution is 5.90. The van der Waals surface area contributed by atoms with Crippen molar-refractivity contribution in [3.05, 3.63) is 94.9 Å². The van der Waals surface area contributed by atoms with Gasteiger partial charge in [0.15, 0.2) is 0 Å². The average Bonchev–Trinajstić information content (AvgIpc) is 3.33. The molecule has 6 rings (SSSR count). The number of carbonyl (C=O) groups is 1. The Kier molecular flexibility index (Phi) is 8.79. The van der Waals surface area contributed by atoms with E-state index in [0.717, 1.165) is 40.7 Å². The standard InChI is InChI=1S/C37H42FNO5/c1-24(2)44-36(40)37(23-41-4)20-28(21-37)34-31-19-30(43-22-26-8-6-5-7-9-26)11-13-33(31)39(29-10-12-32(38)25(3)18-29)35(34)27-14-16-42-17-15-27/h5-13,18-19,24,27-28H,14-17,20-23H2,1-4H3. The number of aryl methyl sites for hydroxylation is 1. The highest BCUT2D eigenvalue weighted by atomic mass is 19.1. The zero-order valence-corrected chi connectivity index (χ0v) is 26.1. The molecule has 6 nitrogen and oxygen atoms in total. The Bertz CT molecular complexity index is 1620. The molecular formula is C37H42FNO5. The molecule has 4 aromatic rings. The summed E-state index contributed by atoms with van der Waals surface area (Å²) in [5, 5.41) is 1.10. The summed E-state index contributed by atoms with van der Waals surface area (Å²) in [6.07, 6.45) is 2.87. The van der Waals surface area contributed by atoms with Gasteiger partial charge in [-0.1, -0.05) is 30.3 Å². The molecule has 0 radical (unpaired) electrons. The smallest absolute Gasteiger partial charge is 0.314 e. The van der Waals surface area contributed by atoms with Crippen LogP contribution in [-0.2, 0) is 25.6 Å². The first-order valence-electron chi connectivity index (χ1n) is 15.7. The lowest BCUT2D eigenvalue weighted by atomic mass is 9.59. The van der Waals surface area contributed by atoms with Crippen LogP contribution >= 0.6 is 0 Å². The van der Waals surface area contributed by atoms with Crippen molar-refractivity contribution in [2.45, 2.75) is 71.0 Å². The van der Waals surface area contributed by atoms with E-state index in [4.69, 9.17) is 18.9 Å². The number of methoxy groups -OCH3 is 1. The van der Waals surface area contributed by atoms with Crippen LogP contribution in [0.2, 0.25) is 0 Å². The minimum atomic E-state index is -0.682. The Hall–Kier alpha value is -3.68. The van der Waals surface area contributed by atoms with E-state index in [0.29, 0.717) is 44.8 Å². The number of fused-ring (bicyclic) bond motifs is 1. The second kappa shape index (κ2) is 12.7. The van der Waals surface area contributed by atoms with E-state index in [1.165, 1.54) is 11.3 Å². The molecule has 1 aromatic heterocycles. The fraction of sp³-hybridized carbons (Fsp3) is 0.432. The summed E-state index contributed by atoms with van der Waals surface area (Å²) < 4.78 is 40.2. The van der Waals surface area contributed by atoms with Gasteiger partial charge in [0.25, 0.3) is 0 Å². The molecule has 7 heteroatoms. The molecule has 2 heterocycles. The number of hydrogen-bond donors (Lipinski definition) is 0. The molecule has 44 heavy (non-hydrogen) atoms. The van der Waals surface area contributed by atoms with E-state index < -0.39 is 5.41 Å². The molecule has 0 N–H and O–H groups in total. The zero-order chi connectivity index (χ0) is 30.8. The summed E-state index contributed by atoms with van der Waals surface area (Å²) in [4.78, 5) is 13.4. The highest BCUT2D eigenvalue weighted by Gasteiger charge is 2.53. The van der Waals surface area contributed by atoms with Crippen molar-refractivity contribution in [1.29, 1.82) is 0 Å². The number of aromatic nitrogens is 1. The number of rotatable bonds is 10. The van der Waals surface area contributed by atoms with Gasteiger partial charge in [-0.25, -0.2) is 4.39 Å². The lowest BCUT2D eigenvalue weighted by molar-refractivity contribution is -0.172. The molecule has 1 aliphatic carbocycles. The first-order valence-corrected chi connectivity index (χ1v) is 15.7. The number of hydrogen-bond acceptors (Lipinski definition) is 5. The number of ether oxygens (including phenoxy) is 4. The third kappa shape index (κ3) is 5.87. The minimum Gasteiger partial charge on any atom is -0.489 e. The Balaban J connectivity index is 1.49. The van der Waals surface area contributed by atoms with Gasteiger partial charge in [-0.05, 0) is 105 Å². The fourth-order valence-electron chi connectivity index (χ4n) is 7.04. The maximum atomic E-state index is 14.5. The van der Waals surface area contributed by atoms with E-state index in [-0.39, 0.29) is 29.7 Å². The van der Waals surface area contributed by atoms with Crippen LogP contribution in [0.15, 0.2) is 66.7 Å². The zero-order valence-electron chi connectivity index (χ0n) is 26.1. The van der Waals surface area contributed by atoms with Crippen molar-refractivity contribution in [3.63, 3.8) is 0 Å². The van der Waals surface area contributed by atoms with E-state index in [9.17, 15) is 9.18 Å². The van der Waals surface area contributed by atoms with Crippen molar-refractivity contribution in [2.75, 3.05) is 26.9 Å². The quantitative estimate of drug-likeness (QED) is 0.173. The van der Waals surface area contributed by atoms with Crippen molar-refractivity contribution in [2.24, 2.45) is 5.41 Å². The van der Waals surface area contributed by atoms with Gasteiger partial charge in [-0.15, -0.1) is 0 Å². The van der Waals surface area contributed by atoms with Crippen LogP contribution in [-0.4, -0.2) is 43.6 Å². The van der Waals surface area contributed by atoms with E-state index in [1.54, 1.807) is 20.1 Å². The lowest BCUT2D eigenvalue weighted by Gasteiger charge is -2.46. The Morgan fingerprint density at radius 2 is 1.77 bits per heavy atom. The summed E-state index contributed by atoms with van der Waals surface area (Å²) in [5.74, 6) is 0.752. The van der Waals surface area contributed by atoms with E-state index >= 15 is 0 Å². The lowest BCUT2D eigenvalue weighted by Crippen LogP contribution is -2.48. The maximum Gasteiger partial charge on any atom is 0.314 e. The molecule has 0 unspecified atom stereocenters. The molecule has 0 spiro atoms. The van der Waals surface area contributed by atoms with Crippen LogP contribution in [0.4, 0.5) is 4.39 Å². The number of nitrogens with zero attached hydrogens (tertiary/aromatic N) is 1. The summed E-state index contributed by atoms with van der Waals surface area (Å²) >= 11 is 0. The van der Waals surface area contributed by atoms with E-state index in [2.05, 4.69) is 28.8 Å². The minimum absolute atomic E-state index is 0.123. The van der Waals surface area contributed by atoms with Crippen molar-refractivity contribution in [3.8, 4) is 11.4 Å². The van der Waals surface area contributed by atoms with Gasteiger partial charge < -0.3 is 23.5 Å². The Labute approximate surface area is 259 Å². The maximum absolute atomic E-state index is 14.5. The van der Waals surface area contributed by atoms with Crippen LogP contribution in [0.5, 0.6) is 5.75 Å². The second-order valence-electron chi connectivity index (χ2n) is 12.7. The van der Waals surface area contributed by atoms with Gasteiger partial charge in [0.05, 0.1) is 23.6 Å². The van der Waals surface area contributed by atoms with Gasteiger partial charge in [-0.3, -0.25) is 4.79 Å². The van der Waals surface area contributed by atoms with Crippen molar-refractivity contribution < 1.29 is 28.1 Å². The normalized spacial score (nSPS) is 20.5. The SMILES string of the molecule is COCC1(C(=O)OC(C)C)CC(c2c(C3CCOCC3)n(-c3ccc(F)c(C)c3)c3ccc(OCc4ccccc4)cc23)C1. The predicted molar refractivity (Wildman–Crippen MR) is 169 cm³/mol. The van der Waals surface area contributed by atoms with E-state index in [1.807, 2.05) is 50.2 Å². The third-order valence-electron chi connectivity index (χ3n) is 9.15. The molecule has 2 aliphatic rings. The predicted octanol–water partition coefficient (Wildman–Crippen LogP) is 8.01. The Morgan fingerprint density at radius 3 is 2.45 bits per heavy atom. The summed E-state index contributed by atoms with van der Waals surface area (Å²) in [7, 11) is 1.64. The van der Waals surface area contributed by atoms with Crippen LogP contribution in [0.3, 0.4) is 0 Å². The highest BCUT2D eigenvalue weighted by Crippen LogP contribution is 2.56. The molecule has 0 bridgehead atoms. The number of carbonyl (C=O) groups excluding carboxylic acids is 1. The number of halogens is 1. The summed E-state index contributed by atoms with van der Waals surface area (Å²) in [5.41, 5.74) is 5.47. The largest absolute Gasteiger partial charge is 0.489 e. The monoisotopic (exact) mass is 599 g/mol. The second-order valence-corrected chi connectivity index (χ2v) is 12.7. The van der Waals surface area contributed by atoms with Gasteiger partial charge in [0, 0.05) is 43.0 Å². The molecule has 1 saturated carbocycles. The molecule has 1 aliphatic heterocycles. The first-order chi connectivity index (χ1) is 21.3. The third-order valence-corrected chi connectivity index (χ3v) is 9.15. The summed E-state index contributed by atoms with van der Waals surface area (Å²) in [6, 6.07) is 21.8. The fourth-order valence-corrected chi connectivity index (χ4v) is 7.04. The topological polar surface area (TPSA) is 58.9 Å². The molecule has 3 aromatic carbocycles.